The number of carbonyl (C=O) groups is 6. The van der Waals surface area contributed by atoms with Gasteiger partial charge in [0.1, 0.15) is 29.4 Å². The molecule has 3 saturated carbocycles. The van der Waals surface area contributed by atoms with Gasteiger partial charge in [-0.25, -0.2) is 14.4 Å². The molecule has 1 saturated heterocycles. The Kier molecular flexibility index (Phi) is 24.9. The van der Waals surface area contributed by atoms with Gasteiger partial charge in [0.2, 0.25) is 17.7 Å². The molecule has 5 rings (SSSR count). The van der Waals surface area contributed by atoms with Gasteiger partial charge in [0.15, 0.2) is 0 Å². The lowest BCUT2D eigenvalue weighted by molar-refractivity contribution is -0.145. The van der Waals surface area contributed by atoms with Crippen LogP contribution in [0.2, 0.25) is 0 Å². The van der Waals surface area contributed by atoms with E-state index in [9.17, 15) is 28.8 Å². The zero-order chi connectivity index (χ0) is 59.2. The fourth-order valence-corrected chi connectivity index (χ4v) is 14.7. The Labute approximate surface area is 483 Å². The number of allylic oxidation sites excluding steroid dienone is 1. The quantitative estimate of drug-likeness (QED) is 0.0348. The van der Waals surface area contributed by atoms with E-state index in [-0.39, 0.29) is 55.7 Å². The SMILES string of the molecule is CC(C)CCC[C@@H](C)[C@H]1CCC2C3CC=C4CC(OC(=O)NCCCC(=O)N[C@H]5C[C@@H](C(=O)N(CCCN(C)C)CCCN(C)C)N(C(=O)[C@@H](CCCCNC(=O)OC(C)(C)C)NC(=O)OC(C)(C)C)C5)CC[C@]4(C)C3CC[C@@]21C. The van der Waals surface area contributed by atoms with E-state index in [1.165, 1.54) is 55.4 Å². The summed E-state index contributed by atoms with van der Waals surface area (Å²) >= 11 is 0. The molecule has 4 fully saturated rings. The molecule has 17 heteroatoms. The summed E-state index contributed by atoms with van der Waals surface area (Å²) < 4.78 is 17.0. The van der Waals surface area contributed by atoms with Gasteiger partial charge in [-0.3, -0.25) is 14.4 Å². The molecule has 0 radical (unpaired) electrons. The minimum absolute atomic E-state index is 0.0676. The number of amides is 6. The van der Waals surface area contributed by atoms with Gasteiger partial charge in [0.05, 0.1) is 0 Å². The van der Waals surface area contributed by atoms with Crippen LogP contribution >= 0.6 is 0 Å². The first-order valence-corrected chi connectivity index (χ1v) is 31.3. The van der Waals surface area contributed by atoms with Crippen LogP contribution in [0.15, 0.2) is 11.6 Å². The summed E-state index contributed by atoms with van der Waals surface area (Å²) in [4.78, 5) is 89.7. The molecule has 4 aliphatic carbocycles. The van der Waals surface area contributed by atoms with E-state index < -0.39 is 53.5 Å². The second-order valence-electron chi connectivity index (χ2n) is 28.4. The number of fused-ring (bicyclic) bond motifs is 5. The minimum Gasteiger partial charge on any atom is -0.446 e. The number of carbonyl (C=O) groups excluding carboxylic acids is 6. The standard InChI is InChI=1S/C63H112N8O9/c1-43(2)22-18-23-44(3)49-28-29-50-48-27-26-45-40-47(30-32-62(45,10)51(48)31-33-63(49,50)11)78-57(75)64-35-19-25-54(72)66-46-41-53(56(74)70(38-20-36-68(12)13)39-21-37-69(14)15)71(42-46)55(73)52(67-59(77)80-61(7,8)9)24-16-17-34-65-58(76)79-60(4,5)6/h26,43-44,46-53H,16-25,27-42H2,1-15H3,(H,64,75)(H,65,76)(H,66,72)(H,67,77)/t44-,46+,47?,48?,49-,50?,51?,52-,53+,62+,63-/m1/s1. The molecule has 1 aliphatic heterocycles. The maximum Gasteiger partial charge on any atom is 0.408 e. The van der Waals surface area contributed by atoms with Crippen molar-refractivity contribution in [3.63, 3.8) is 0 Å². The van der Waals surface area contributed by atoms with Gasteiger partial charge in [-0.2, -0.15) is 0 Å². The normalized spacial score (nSPS) is 27.3. The van der Waals surface area contributed by atoms with Gasteiger partial charge in [-0.15, -0.1) is 0 Å². The molecular formula is C63H112N8O9. The molecule has 17 nitrogen and oxygen atoms in total. The van der Waals surface area contributed by atoms with Gasteiger partial charge in [-0.05, 0) is 219 Å². The summed E-state index contributed by atoms with van der Waals surface area (Å²) in [6.07, 6.45) is 17.2. The highest BCUT2D eigenvalue weighted by Gasteiger charge is 2.59. The first-order valence-electron chi connectivity index (χ1n) is 31.3. The lowest BCUT2D eigenvalue weighted by Crippen LogP contribution is -2.55. The van der Waals surface area contributed by atoms with Gasteiger partial charge in [0, 0.05) is 51.6 Å². The zero-order valence-electron chi connectivity index (χ0n) is 52.7. The number of unbranched alkanes of at least 4 members (excludes halogenated alkanes) is 1. The summed E-state index contributed by atoms with van der Waals surface area (Å²) in [6.45, 7) is 26.2. The molecule has 11 atom stereocenters. The fraction of sp³-hybridized carbons (Fsp3) is 0.873. The summed E-state index contributed by atoms with van der Waals surface area (Å²) in [5, 5.41) is 11.6. The third-order valence-corrected chi connectivity index (χ3v) is 18.6. The molecule has 1 heterocycles. The molecule has 80 heavy (non-hydrogen) atoms. The molecule has 0 spiro atoms. The van der Waals surface area contributed by atoms with Crippen LogP contribution in [0.3, 0.4) is 0 Å². The first kappa shape index (κ1) is 66.7. The number of hydrogen-bond donors (Lipinski definition) is 4. The average Bonchev–Trinajstić information content (AvgIpc) is 3.93. The maximum atomic E-state index is 14.8. The van der Waals surface area contributed by atoms with Crippen molar-refractivity contribution >= 4 is 36.0 Å². The van der Waals surface area contributed by atoms with Crippen molar-refractivity contribution in [3.05, 3.63) is 11.6 Å². The number of rotatable bonds is 27. The molecule has 0 aromatic heterocycles. The second kappa shape index (κ2) is 29.9. The summed E-state index contributed by atoms with van der Waals surface area (Å²) in [5.74, 6) is 3.75. The number of nitrogens with one attached hydrogen (secondary N) is 4. The highest BCUT2D eigenvalue weighted by molar-refractivity contribution is 5.92. The van der Waals surface area contributed by atoms with Crippen LogP contribution in [0.25, 0.3) is 0 Å². The number of hydrogen-bond acceptors (Lipinski definition) is 11. The van der Waals surface area contributed by atoms with Crippen LogP contribution in [-0.4, -0.2) is 165 Å². The summed E-state index contributed by atoms with van der Waals surface area (Å²) in [5.41, 5.74) is 0.606. The molecule has 4 unspecified atom stereocenters. The Hall–Kier alpha value is -4.12. The Bertz CT molecular complexity index is 2060. The molecule has 0 aromatic carbocycles. The summed E-state index contributed by atoms with van der Waals surface area (Å²) in [6, 6.07) is -2.47. The van der Waals surface area contributed by atoms with Crippen molar-refractivity contribution in [2.75, 3.05) is 74.0 Å². The molecule has 5 aliphatic rings. The number of alkyl carbamates (subject to hydrolysis) is 3. The van der Waals surface area contributed by atoms with Crippen LogP contribution in [-0.2, 0) is 28.6 Å². The first-order chi connectivity index (χ1) is 37.5. The number of likely N-dealkylation sites (tertiary alicyclic amines) is 1. The van der Waals surface area contributed by atoms with Crippen LogP contribution in [0.1, 0.15) is 198 Å². The van der Waals surface area contributed by atoms with E-state index >= 15 is 0 Å². The van der Waals surface area contributed by atoms with Crippen molar-refractivity contribution in [3.8, 4) is 0 Å². The van der Waals surface area contributed by atoms with Crippen molar-refractivity contribution in [2.45, 2.75) is 234 Å². The van der Waals surface area contributed by atoms with Crippen molar-refractivity contribution in [1.29, 1.82) is 0 Å². The van der Waals surface area contributed by atoms with Crippen LogP contribution in [0.5, 0.6) is 0 Å². The predicted octanol–water partition coefficient (Wildman–Crippen LogP) is 10.3. The monoisotopic (exact) mass is 1120 g/mol. The molecule has 458 valence electrons. The lowest BCUT2D eigenvalue weighted by Gasteiger charge is -2.58. The van der Waals surface area contributed by atoms with E-state index in [1.807, 2.05) is 33.1 Å². The number of ether oxygens (including phenoxy) is 3. The summed E-state index contributed by atoms with van der Waals surface area (Å²) in [7, 11) is 7.97. The van der Waals surface area contributed by atoms with E-state index in [2.05, 4.69) is 71.8 Å². The van der Waals surface area contributed by atoms with E-state index in [1.54, 1.807) is 41.5 Å². The zero-order valence-corrected chi connectivity index (χ0v) is 52.7. The van der Waals surface area contributed by atoms with E-state index in [4.69, 9.17) is 14.2 Å². The lowest BCUT2D eigenvalue weighted by atomic mass is 9.47. The van der Waals surface area contributed by atoms with Gasteiger partial charge >= 0.3 is 18.3 Å². The highest BCUT2D eigenvalue weighted by Crippen LogP contribution is 2.67. The van der Waals surface area contributed by atoms with E-state index in [0.717, 1.165) is 81.2 Å². The third kappa shape index (κ3) is 19.8. The Morgan fingerprint density at radius 2 is 1.35 bits per heavy atom. The fourth-order valence-electron chi connectivity index (χ4n) is 14.7. The molecule has 6 amide bonds. The molecule has 0 bridgehead atoms. The van der Waals surface area contributed by atoms with Crippen LogP contribution < -0.4 is 21.3 Å². The van der Waals surface area contributed by atoms with Gasteiger partial charge < -0.3 is 55.1 Å². The minimum atomic E-state index is -1.05. The largest absolute Gasteiger partial charge is 0.446 e. The predicted molar refractivity (Wildman–Crippen MR) is 317 cm³/mol. The van der Waals surface area contributed by atoms with Crippen LogP contribution in [0, 0.1) is 46.3 Å². The Morgan fingerprint density at radius 1 is 0.713 bits per heavy atom. The topological polar surface area (TPSA) is 191 Å². The molecule has 4 N–H and O–H groups in total. The van der Waals surface area contributed by atoms with Crippen molar-refractivity contribution in [2.24, 2.45) is 46.3 Å². The van der Waals surface area contributed by atoms with Gasteiger partial charge in [-0.1, -0.05) is 65.5 Å². The van der Waals surface area contributed by atoms with Crippen molar-refractivity contribution in [1.82, 2.24) is 40.9 Å². The maximum absolute atomic E-state index is 14.8. The van der Waals surface area contributed by atoms with Crippen LogP contribution in [0.4, 0.5) is 14.4 Å². The highest BCUT2D eigenvalue weighted by atomic mass is 16.6. The molecule has 0 aromatic rings. The second-order valence-corrected chi connectivity index (χ2v) is 28.4. The smallest absolute Gasteiger partial charge is 0.408 e. The Morgan fingerprint density at radius 3 is 1.99 bits per heavy atom. The Balaban J connectivity index is 1.17. The van der Waals surface area contributed by atoms with Crippen molar-refractivity contribution < 1.29 is 43.0 Å². The molecular weight excluding hydrogens is 1010 g/mol. The van der Waals surface area contributed by atoms with E-state index in [0.29, 0.717) is 50.2 Å². The average molecular weight is 1130 g/mol. The van der Waals surface area contributed by atoms with Gasteiger partial charge in [0.25, 0.3) is 0 Å². The number of nitrogens with zero attached hydrogens (tertiary/aromatic N) is 4. The third-order valence-electron chi connectivity index (χ3n) is 18.6.